The Morgan fingerprint density at radius 2 is 1.33 bits per heavy atom. The van der Waals surface area contributed by atoms with Gasteiger partial charge in [-0.1, -0.05) is 96.8 Å². The van der Waals surface area contributed by atoms with Crippen molar-refractivity contribution in [2.45, 2.75) is 116 Å². The minimum absolute atomic E-state index is 0.799. The van der Waals surface area contributed by atoms with Crippen molar-refractivity contribution < 1.29 is 4.74 Å². The summed E-state index contributed by atoms with van der Waals surface area (Å²) in [5.41, 5.74) is 2.30. The maximum Gasteiger partial charge on any atom is 0.159 e. The number of benzene rings is 1. The van der Waals surface area contributed by atoms with Crippen molar-refractivity contribution in [2.75, 3.05) is 6.61 Å². The fourth-order valence-electron chi connectivity index (χ4n) is 4.46. The highest BCUT2D eigenvalue weighted by Crippen LogP contribution is 2.34. The van der Waals surface area contributed by atoms with E-state index in [1.807, 2.05) is 24.5 Å². The Morgan fingerprint density at radius 1 is 0.727 bits per heavy atom. The van der Waals surface area contributed by atoms with Crippen molar-refractivity contribution in [3.05, 3.63) is 42.2 Å². The summed E-state index contributed by atoms with van der Waals surface area (Å²) in [7, 11) is 0. The second kappa shape index (κ2) is 15.9. The van der Waals surface area contributed by atoms with Crippen LogP contribution in [-0.2, 0) is 6.42 Å². The van der Waals surface area contributed by atoms with E-state index in [2.05, 4.69) is 29.0 Å². The van der Waals surface area contributed by atoms with Crippen molar-refractivity contribution in [3.8, 4) is 17.1 Å². The Morgan fingerprint density at radius 3 is 2.00 bits per heavy atom. The Balaban J connectivity index is 1.25. The van der Waals surface area contributed by atoms with Gasteiger partial charge in [-0.05, 0) is 55.0 Å². The topological polar surface area (TPSA) is 35.0 Å². The SMILES string of the molecule is CCCCCCCCCCc1cnc(-c2ccc(OCCCCCCCC3CC3)cc2)nc1. The van der Waals surface area contributed by atoms with Crippen LogP contribution in [0.15, 0.2) is 36.7 Å². The quantitative estimate of drug-likeness (QED) is 0.200. The molecule has 1 aromatic heterocycles. The largest absolute Gasteiger partial charge is 0.494 e. The first kappa shape index (κ1) is 25.7. The lowest BCUT2D eigenvalue weighted by atomic mass is 10.1. The number of aryl methyl sites for hydroxylation is 1. The smallest absolute Gasteiger partial charge is 0.159 e. The van der Waals surface area contributed by atoms with Crippen LogP contribution in [-0.4, -0.2) is 16.6 Å². The van der Waals surface area contributed by atoms with Crippen LogP contribution in [0.25, 0.3) is 11.4 Å². The van der Waals surface area contributed by atoms with Gasteiger partial charge in [0, 0.05) is 18.0 Å². The second-order valence-electron chi connectivity index (χ2n) is 10.0. The molecule has 0 N–H and O–H groups in total. The molecular formula is C30H46N2O. The lowest BCUT2D eigenvalue weighted by Crippen LogP contribution is -1.97. The molecule has 1 fully saturated rings. The molecule has 1 aliphatic rings. The van der Waals surface area contributed by atoms with E-state index in [0.717, 1.165) is 42.5 Å². The summed E-state index contributed by atoms with van der Waals surface area (Å²) < 4.78 is 5.92. The van der Waals surface area contributed by atoms with E-state index in [1.54, 1.807) is 0 Å². The third-order valence-corrected chi connectivity index (χ3v) is 6.86. The van der Waals surface area contributed by atoms with Crippen molar-refractivity contribution >= 4 is 0 Å². The summed E-state index contributed by atoms with van der Waals surface area (Å²) in [6.45, 7) is 3.09. The molecule has 0 atom stereocenters. The minimum atomic E-state index is 0.799. The Bertz CT molecular complexity index is 737. The molecule has 0 aliphatic heterocycles. The molecule has 0 bridgehead atoms. The number of aromatic nitrogens is 2. The van der Waals surface area contributed by atoms with Crippen molar-refractivity contribution in [2.24, 2.45) is 5.92 Å². The number of hydrogen-bond acceptors (Lipinski definition) is 3. The molecule has 33 heavy (non-hydrogen) atoms. The Hall–Kier alpha value is -1.90. The van der Waals surface area contributed by atoms with Gasteiger partial charge in [0.05, 0.1) is 6.61 Å². The van der Waals surface area contributed by atoms with Crippen LogP contribution >= 0.6 is 0 Å². The standard InChI is InChI=1S/C30H46N2O/c1-2-3-4-5-6-7-9-13-16-27-24-31-30(32-25-27)28-19-21-29(22-20-28)33-23-14-11-8-10-12-15-26-17-18-26/h19-22,24-26H,2-18,23H2,1H3. The molecule has 0 amide bonds. The molecule has 0 radical (unpaired) electrons. The van der Waals surface area contributed by atoms with Gasteiger partial charge in [-0.2, -0.15) is 0 Å². The first-order chi connectivity index (χ1) is 16.3. The highest BCUT2D eigenvalue weighted by molar-refractivity contribution is 5.55. The van der Waals surface area contributed by atoms with Gasteiger partial charge in [0.15, 0.2) is 5.82 Å². The van der Waals surface area contributed by atoms with E-state index in [9.17, 15) is 0 Å². The van der Waals surface area contributed by atoms with Crippen LogP contribution in [0, 0.1) is 5.92 Å². The van der Waals surface area contributed by atoms with Gasteiger partial charge in [-0.25, -0.2) is 9.97 Å². The molecule has 182 valence electrons. The predicted molar refractivity (Wildman–Crippen MR) is 140 cm³/mol. The molecule has 2 aromatic rings. The normalized spacial score (nSPS) is 13.4. The number of rotatable bonds is 19. The monoisotopic (exact) mass is 450 g/mol. The molecule has 3 rings (SSSR count). The fraction of sp³-hybridized carbons (Fsp3) is 0.667. The first-order valence-electron chi connectivity index (χ1n) is 13.9. The van der Waals surface area contributed by atoms with E-state index >= 15 is 0 Å². The molecule has 3 heteroatoms. The van der Waals surface area contributed by atoms with E-state index in [-0.39, 0.29) is 0 Å². The molecule has 0 spiro atoms. The first-order valence-corrected chi connectivity index (χ1v) is 13.9. The van der Waals surface area contributed by atoms with Gasteiger partial charge in [-0.3, -0.25) is 0 Å². The highest BCUT2D eigenvalue weighted by Gasteiger charge is 2.19. The van der Waals surface area contributed by atoms with E-state index in [4.69, 9.17) is 4.74 Å². The van der Waals surface area contributed by atoms with Crippen LogP contribution in [0.4, 0.5) is 0 Å². The molecule has 0 saturated heterocycles. The van der Waals surface area contributed by atoms with Gasteiger partial charge in [0.25, 0.3) is 0 Å². The van der Waals surface area contributed by atoms with Gasteiger partial charge < -0.3 is 4.74 Å². The average molecular weight is 451 g/mol. The second-order valence-corrected chi connectivity index (χ2v) is 10.0. The van der Waals surface area contributed by atoms with Crippen molar-refractivity contribution in [3.63, 3.8) is 0 Å². The van der Waals surface area contributed by atoms with Crippen LogP contribution in [0.1, 0.15) is 115 Å². The van der Waals surface area contributed by atoms with Crippen LogP contribution in [0.2, 0.25) is 0 Å². The maximum atomic E-state index is 5.92. The summed E-state index contributed by atoms with van der Waals surface area (Å²) in [6.07, 6.45) is 26.9. The molecule has 1 aromatic carbocycles. The predicted octanol–water partition coefficient (Wildman–Crippen LogP) is 8.96. The fourth-order valence-corrected chi connectivity index (χ4v) is 4.46. The van der Waals surface area contributed by atoms with E-state index < -0.39 is 0 Å². The number of hydrogen-bond donors (Lipinski definition) is 0. The summed E-state index contributed by atoms with van der Waals surface area (Å²) in [5.74, 6) is 2.82. The van der Waals surface area contributed by atoms with Gasteiger partial charge in [0.1, 0.15) is 5.75 Å². The summed E-state index contributed by atoms with van der Waals surface area (Å²) in [6, 6.07) is 8.23. The zero-order valence-corrected chi connectivity index (χ0v) is 21.1. The molecule has 1 heterocycles. The number of unbranched alkanes of at least 4 members (excludes halogenated alkanes) is 11. The van der Waals surface area contributed by atoms with Crippen molar-refractivity contribution in [1.29, 1.82) is 0 Å². The zero-order chi connectivity index (χ0) is 23.0. The maximum absolute atomic E-state index is 5.92. The lowest BCUT2D eigenvalue weighted by molar-refractivity contribution is 0.304. The summed E-state index contributed by atoms with van der Waals surface area (Å²) >= 11 is 0. The average Bonchev–Trinajstić information content (AvgIpc) is 3.68. The van der Waals surface area contributed by atoms with Crippen LogP contribution in [0.5, 0.6) is 5.75 Å². The molecule has 3 nitrogen and oxygen atoms in total. The van der Waals surface area contributed by atoms with E-state index in [0.29, 0.717) is 0 Å². The summed E-state index contributed by atoms with van der Waals surface area (Å²) in [4.78, 5) is 9.20. The van der Waals surface area contributed by atoms with Gasteiger partial charge in [0.2, 0.25) is 0 Å². The van der Waals surface area contributed by atoms with Gasteiger partial charge in [-0.15, -0.1) is 0 Å². The minimum Gasteiger partial charge on any atom is -0.494 e. The lowest BCUT2D eigenvalue weighted by Gasteiger charge is -2.07. The van der Waals surface area contributed by atoms with Crippen LogP contribution < -0.4 is 4.74 Å². The highest BCUT2D eigenvalue weighted by atomic mass is 16.5. The number of ether oxygens (including phenoxy) is 1. The zero-order valence-electron chi connectivity index (χ0n) is 21.1. The van der Waals surface area contributed by atoms with Gasteiger partial charge >= 0.3 is 0 Å². The molecular weight excluding hydrogens is 404 g/mol. The molecule has 1 saturated carbocycles. The molecule has 0 unspecified atom stereocenters. The van der Waals surface area contributed by atoms with Crippen molar-refractivity contribution in [1.82, 2.24) is 9.97 Å². The van der Waals surface area contributed by atoms with E-state index in [1.165, 1.54) is 102 Å². The third-order valence-electron chi connectivity index (χ3n) is 6.86. The number of nitrogens with zero attached hydrogens (tertiary/aromatic N) is 2. The molecule has 1 aliphatic carbocycles. The Kier molecular flexibility index (Phi) is 12.4. The third kappa shape index (κ3) is 11.2. The van der Waals surface area contributed by atoms with Crippen LogP contribution in [0.3, 0.4) is 0 Å². The Labute approximate surface area is 202 Å². The summed E-state index contributed by atoms with van der Waals surface area (Å²) in [5, 5.41) is 0.